The number of hydrogen-bond acceptors (Lipinski definition) is 3. The minimum absolute atomic E-state index is 0.125. The van der Waals surface area contributed by atoms with Crippen LogP contribution in [0, 0.1) is 0 Å². The van der Waals surface area contributed by atoms with Gasteiger partial charge < -0.3 is 5.32 Å². The van der Waals surface area contributed by atoms with Crippen molar-refractivity contribution < 1.29 is 4.79 Å². The second kappa shape index (κ2) is 8.31. The lowest BCUT2D eigenvalue weighted by atomic mass is 10.0. The number of aromatic nitrogens is 1. The lowest BCUT2D eigenvalue weighted by Crippen LogP contribution is -2.26. The maximum atomic E-state index is 12.9. The van der Waals surface area contributed by atoms with Crippen LogP contribution in [-0.4, -0.2) is 17.4 Å². The number of fused-ring (bicyclic) bond motifs is 1. The summed E-state index contributed by atoms with van der Waals surface area (Å²) in [6.07, 6.45) is 0.627. The van der Waals surface area contributed by atoms with Crippen molar-refractivity contribution in [2.24, 2.45) is 0 Å². The molecule has 0 atom stereocenters. The van der Waals surface area contributed by atoms with Crippen LogP contribution in [-0.2, 0) is 6.42 Å². The molecule has 0 unspecified atom stereocenters. The average Bonchev–Trinajstić information content (AvgIpc) is 3.23. The third-order valence-corrected chi connectivity index (χ3v) is 5.74. The fourth-order valence-corrected chi connectivity index (χ4v) is 4.20. The first kappa shape index (κ1) is 18.9. The van der Waals surface area contributed by atoms with Crippen LogP contribution in [0.2, 0.25) is 10.0 Å². The van der Waals surface area contributed by atoms with Crippen molar-refractivity contribution >= 4 is 51.3 Å². The number of para-hydroxylation sites is 1. The SMILES string of the molecule is O=C(NCCc1ccc(Cl)cc1Cl)c1cc(-c2ccsc2)nc2ccccc12. The summed E-state index contributed by atoms with van der Waals surface area (Å²) in [6.45, 7) is 0.477. The van der Waals surface area contributed by atoms with Gasteiger partial charge in [0.15, 0.2) is 0 Å². The van der Waals surface area contributed by atoms with E-state index in [9.17, 15) is 4.79 Å². The monoisotopic (exact) mass is 426 g/mol. The van der Waals surface area contributed by atoms with E-state index in [1.54, 1.807) is 23.5 Å². The lowest BCUT2D eigenvalue weighted by molar-refractivity contribution is 0.0956. The van der Waals surface area contributed by atoms with Gasteiger partial charge in [0.2, 0.25) is 0 Å². The van der Waals surface area contributed by atoms with Gasteiger partial charge in [0.05, 0.1) is 16.8 Å². The molecule has 0 fully saturated rings. The number of rotatable bonds is 5. The summed E-state index contributed by atoms with van der Waals surface area (Å²) in [4.78, 5) is 17.6. The van der Waals surface area contributed by atoms with Gasteiger partial charge in [-0.1, -0.05) is 47.5 Å². The summed E-state index contributed by atoms with van der Waals surface area (Å²) >= 11 is 13.8. The summed E-state index contributed by atoms with van der Waals surface area (Å²) in [7, 11) is 0. The maximum Gasteiger partial charge on any atom is 0.252 e. The molecule has 1 N–H and O–H groups in total. The highest BCUT2D eigenvalue weighted by Gasteiger charge is 2.14. The molecule has 0 aliphatic heterocycles. The number of pyridine rings is 1. The Labute approximate surface area is 177 Å². The number of thiophene rings is 1. The Bertz CT molecular complexity index is 1140. The van der Waals surface area contributed by atoms with Crippen molar-refractivity contribution in [1.82, 2.24) is 10.3 Å². The molecule has 2 aromatic heterocycles. The first-order chi connectivity index (χ1) is 13.6. The summed E-state index contributed by atoms with van der Waals surface area (Å²) in [5.74, 6) is -0.125. The molecule has 4 aromatic rings. The number of halogens is 2. The molecular weight excluding hydrogens is 411 g/mol. The molecule has 2 aromatic carbocycles. The zero-order chi connectivity index (χ0) is 19.5. The summed E-state index contributed by atoms with van der Waals surface area (Å²) in [5, 5.41) is 9.07. The van der Waals surface area contributed by atoms with E-state index in [0.29, 0.717) is 28.6 Å². The molecule has 6 heteroatoms. The number of nitrogens with zero attached hydrogens (tertiary/aromatic N) is 1. The minimum atomic E-state index is -0.125. The van der Waals surface area contributed by atoms with E-state index in [4.69, 9.17) is 28.2 Å². The normalized spacial score (nSPS) is 10.9. The van der Waals surface area contributed by atoms with Crippen LogP contribution in [0.3, 0.4) is 0 Å². The van der Waals surface area contributed by atoms with Crippen molar-refractivity contribution in [2.45, 2.75) is 6.42 Å². The Morgan fingerprint density at radius 1 is 1.07 bits per heavy atom. The van der Waals surface area contributed by atoms with Crippen molar-refractivity contribution in [2.75, 3.05) is 6.54 Å². The fourth-order valence-electron chi connectivity index (χ4n) is 3.05. The van der Waals surface area contributed by atoms with Crippen LogP contribution in [0.15, 0.2) is 65.4 Å². The Morgan fingerprint density at radius 3 is 2.71 bits per heavy atom. The predicted molar refractivity (Wildman–Crippen MR) is 118 cm³/mol. The van der Waals surface area contributed by atoms with E-state index in [0.717, 1.165) is 27.7 Å². The van der Waals surface area contributed by atoms with Crippen molar-refractivity contribution in [1.29, 1.82) is 0 Å². The Balaban J connectivity index is 1.58. The molecule has 0 aliphatic rings. The first-order valence-electron chi connectivity index (χ1n) is 8.76. The number of benzene rings is 2. The topological polar surface area (TPSA) is 42.0 Å². The van der Waals surface area contributed by atoms with Crippen molar-refractivity contribution in [3.63, 3.8) is 0 Å². The second-order valence-electron chi connectivity index (χ2n) is 6.33. The minimum Gasteiger partial charge on any atom is -0.352 e. The molecule has 4 rings (SSSR count). The number of hydrogen-bond donors (Lipinski definition) is 1. The Kier molecular flexibility index (Phi) is 5.62. The van der Waals surface area contributed by atoms with Crippen LogP contribution < -0.4 is 5.32 Å². The molecule has 0 bridgehead atoms. The zero-order valence-corrected chi connectivity index (χ0v) is 17.1. The van der Waals surface area contributed by atoms with Crippen LogP contribution in [0.4, 0.5) is 0 Å². The molecule has 3 nitrogen and oxygen atoms in total. The molecule has 0 radical (unpaired) electrons. The van der Waals surface area contributed by atoms with Gasteiger partial charge in [0, 0.05) is 32.9 Å². The molecule has 0 saturated carbocycles. The van der Waals surface area contributed by atoms with Crippen LogP contribution in [0.5, 0.6) is 0 Å². The van der Waals surface area contributed by atoms with E-state index in [-0.39, 0.29) is 5.91 Å². The largest absolute Gasteiger partial charge is 0.352 e. The molecule has 0 spiro atoms. The molecule has 140 valence electrons. The van der Waals surface area contributed by atoms with Gasteiger partial charge in [0.25, 0.3) is 5.91 Å². The smallest absolute Gasteiger partial charge is 0.252 e. The van der Waals surface area contributed by atoms with Gasteiger partial charge in [0.1, 0.15) is 0 Å². The van der Waals surface area contributed by atoms with E-state index in [1.165, 1.54) is 0 Å². The highest BCUT2D eigenvalue weighted by Crippen LogP contribution is 2.26. The zero-order valence-electron chi connectivity index (χ0n) is 14.8. The lowest BCUT2D eigenvalue weighted by Gasteiger charge is -2.11. The molecule has 2 heterocycles. The predicted octanol–water partition coefficient (Wildman–Crippen LogP) is 6.24. The van der Waals surface area contributed by atoms with E-state index in [2.05, 4.69) is 5.32 Å². The highest BCUT2D eigenvalue weighted by atomic mass is 35.5. The first-order valence-corrected chi connectivity index (χ1v) is 10.5. The quantitative estimate of drug-likeness (QED) is 0.410. The van der Waals surface area contributed by atoms with E-state index < -0.39 is 0 Å². The highest BCUT2D eigenvalue weighted by molar-refractivity contribution is 7.08. The van der Waals surface area contributed by atoms with Crippen LogP contribution in [0.25, 0.3) is 22.2 Å². The van der Waals surface area contributed by atoms with Gasteiger partial charge >= 0.3 is 0 Å². The average molecular weight is 427 g/mol. The number of carbonyl (C=O) groups excluding carboxylic acids is 1. The van der Waals surface area contributed by atoms with Crippen LogP contribution in [0.1, 0.15) is 15.9 Å². The summed E-state index contributed by atoms with van der Waals surface area (Å²) in [5.41, 5.74) is 4.18. The standard InChI is InChI=1S/C22H16Cl2N2OS/c23-16-6-5-14(19(24)11-16)7-9-25-22(27)18-12-21(15-8-10-28-13-15)26-20-4-2-1-3-17(18)20/h1-6,8,10-13H,7,9H2,(H,25,27). The van der Waals surface area contributed by atoms with Gasteiger partial charge in [-0.05, 0) is 47.7 Å². The van der Waals surface area contributed by atoms with E-state index >= 15 is 0 Å². The fraction of sp³-hybridized carbons (Fsp3) is 0.0909. The van der Waals surface area contributed by atoms with Crippen molar-refractivity contribution in [3.8, 4) is 11.3 Å². The maximum absolute atomic E-state index is 12.9. The van der Waals surface area contributed by atoms with Gasteiger partial charge in [-0.3, -0.25) is 4.79 Å². The number of nitrogens with one attached hydrogen (secondary N) is 1. The van der Waals surface area contributed by atoms with Gasteiger partial charge in [-0.25, -0.2) is 4.98 Å². The van der Waals surface area contributed by atoms with Crippen molar-refractivity contribution in [3.05, 3.63) is 86.5 Å². The molecule has 1 amide bonds. The second-order valence-corrected chi connectivity index (χ2v) is 7.95. The van der Waals surface area contributed by atoms with E-state index in [1.807, 2.05) is 53.2 Å². The summed E-state index contributed by atoms with van der Waals surface area (Å²) in [6, 6.07) is 16.9. The Hall–Kier alpha value is -2.40. The molecule has 0 saturated heterocycles. The van der Waals surface area contributed by atoms with Crippen LogP contribution >= 0.6 is 34.5 Å². The third kappa shape index (κ3) is 4.04. The molecule has 0 aliphatic carbocycles. The van der Waals surface area contributed by atoms with Gasteiger partial charge in [-0.15, -0.1) is 0 Å². The summed E-state index contributed by atoms with van der Waals surface area (Å²) < 4.78 is 0. The molecular formula is C22H16Cl2N2OS. The third-order valence-electron chi connectivity index (χ3n) is 4.47. The molecule has 28 heavy (non-hydrogen) atoms. The van der Waals surface area contributed by atoms with Gasteiger partial charge in [-0.2, -0.15) is 11.3 Å². The Morgan fingerprint density at radius 2 is 1.93 bits per heavy atom. The number of amides is 1. The number of carbonyl (C=O) groups is 1.